The second-order valence-corrected chi connectivity index (χ2v) is 5.31. The minimum Gasteiger partial charge on any atom is -0.466 e. The van der Waals surface area contributed by atoms with Gasteiger partial charge in [-0.3, -0.25) is 0 Å². The zero-order valence-electron chi connectivity index (χ0n) is 10.1. The molecule has 100 valence electrons. The molecule has 0 aliphatic heterocycles. The van der Waals surface area contributed by atoms with Crippen LogP contribution in [0.3, 0.4) is 0 Å². The summed E-state index contributed by atoms with van der Waals surface area (Å²) in [6, 6.07) is 2.92. The summed E-state index contributed by atoms with van der Waals surface area (Å²) in [4.78, 5) is 17.5. The molecule has 0 aliphatic carbocycles. The van der Waals surface area contributed by atoms with E-state index in [1.165, 1.54) is 18.3 Å². The summed E-state index contributed by atoms with van der Waals surface area (Å²) in [7, 11) is -2.45. The molecule has 1 heterocycles. The van der Waals surface area contributed by atoms with E-state index in [2.05, 4.69) is 19.7 Å². The van der Waals surface area contributed by atoms with Gasteiger partial charge in [0.1, 0.15) is 5.70 Å². The number of hydrogen-bond acceptors (Lipinski definition) is 6. The van der Waals surface area contributed by atoms with Crippen molar-refractivity contribution in [3.63, 3.8) is 0 Å². The molecule has 1 aromatic rings. The van der Waals surface area contributed by atoms with Crippen molar-refractivity contribution < 1.29 is 17.9 Å². The van der Waals surface area contributed by atoms with Crippen LogP contribution >= 0.6 is 0 Å². The van der Waals surface area contributed by atoms with Crippen molar-refractivity contribution in [3.8, 4) is 0 Å². The number of aromatic nitrogens is 1. The third-order valence-corrected chi connectivity index (χ3v) is 3.03. The molecule has 8 nitrogen and oxygen atoms in total. The van der Waals surface area contributed by atoms with E-state index in [0.717, 1.165) is 19.4 Å². The highest BCUT2D eigenvalue weighted by Crippen LogP contribution is 2.17. The van der Waals surface area contributed by atoms with Crippen LogP contribution in [-0.4, -0.2) is 32.7 Å². The molecule has 1 rings (SSSR count). The number of hydrogen-bond donors (Lipinski definition) is 0. The quantitative estimate of drug-likeness (QED) is 0.271. The van der Waals surface area contributed by atoms with Gasteiger partial charge < -0.3 is 4.74 Å². The van der Waals surface area contributed by atoms with Gasteiger partial charge in [0, 0.05) is 22.9 Å². The second-order valence-electron chi connectivity index (χ2n) is 3.38. The van der Waals surface area contributed by atoms with Crippen molar-refractivity contribution in [1.29, 1.82) is 0 Å². The molecule has 19 heavy (non-hydrogen) atoms. The van der Waals surface area contributed by atoms with Gasteiger partial charge >= 0.3 is 5.97 Å². The Morgan fingerprint density at radius 2 is 2.26 bits per heavy atom. The minimum atomic E-state index is -3.57. The topological polar surface area (TPSA) is 122 Å². The lowest BCUT2D eigenvalue weighted by Gasteiger charge is -2.03. The van der Waals surface area contributed by atoms with Crippen molar-refractivity contribution in [3.05, 3.63) is 40.0 Å². The number of carbonyl (C=O) groups is 1. The van der Waals surface area contributed by atoms with Crippen molar-refractivity contribution in [1.82, 2.24) is 4.98 Å². The Hall–Kier alpha value is -2.38. The largest absolute Gasteiger partial charge is 0.466 e. The van der Waals surface area contributed by atoms with Crippen LogP contribution in [-0.2, 0) is 19.4 Å². The first-order valence-electron chi connectivity index (χ1n) is 4.90. The number of methoxy groups -OCH3 is 1. The molecular formula is C10H10N4O4S. The molecule has 0 atom stereocenters. The van der Waals surface area contributed by atoms with Gasteiger partial charge in [-0.05, 0) is 17.7 Å². The molecule has 0 radical (unpaired) electrons. The third kappa shape index (κ3) is 3.80. The Labute approximate surface area is 109 Å². The molecular weight excluding hydrogens is 272 g/mol. The lowest BCUT2D eigenvalue weighted by atomic mass is 10.2. The zero-order chi connectivity index (χ0) is 14.5. The van der Waals surface area contributed by atoms with E-state index in [-0.39, 0.29) is 16.3 Å². The number of carbonyl (C=O) groups excluding carboxylic acids is 1. The highest BCUT2D eigenvalue weighted by Gasteiger charge is 2.15. The average Bonchev–Trinajstić information content (AvgIpc) is 2.36. The van der Waals surface area contributed by atoms with Crippen LogP contribution in [0.4, 0.5) is 0 Å². The normalized spacial score (nSPS) is 11.6. The van der Waals surface area contributed by atoms with E-state index in [4.69, 9.17) is 5.53 Å². The lowest BCUT2D eigenvalue weighted by molar-refractivity contribution is -0.136. The zero-order valence-corrected chi connectivity index (χ0v) is 11.0. The minimum absolute atomic E-state index is 0.137. The summed E-state index contributed by atoms with van der Waals surface area (Å²) in [5.74, 6) is -0.874. The predicted molar refractivity (Wildman–Crippen MR) is 66.5 cm³/mol. The second kappa shape index (κ2) is 5.98. The maximum Gasteiger partial charge on any atom is 0.340 e. The summed E-state index contributed by atoms with van der Waals surface area (Å²) in [6.07, 6.45) is 3.39. The SMILES string of the molecule is COC(=O)/C(=C/c1cccnc1S(C)(=O)=O)N=[N+]=[N-]. The fourth-order valence-electron chi connectivity index (χ4n) is 1.25. The molecule has 0 unspecified atom stereocenters. The van der Waals surface area contributed by atoms with Crippen LogP contribution in [0.25, 0.3) is 16.5 Å². The summed E-state index contributed by atoms with van der Waals surface area (Å²) >= 11 is 0. The van der Waals surface area contributed by atoms with E-state index < -0.39 is 15.8 Å². The van der Waals surface area contributed by atoms with Crippen molar-refractivity contribution in [2.24, 2.45) is 5.11 Å². The monoisotopic (exact) mass is 282 g/mol. The van der Waals surface area contributed by atoms with E-state index in [1.807, 2.05) is 0 Å². The number of sulfone groups is 1. The summed E-state index contributed by atoms with van der Waals surface area (Å²) in [6.45, 7) is 0. The number of esters is 1. The van der Waals surface area contributed by atoms with Gasteiger partial charge in [0.15, 0.2) is 14.9 Å². The molecule has 0 amide bonds. The standard InChI is InChI=1S/C10H10N4O4S/c1-18-10(15)8(13-14-11)6-7-4-3-5-12-9(7)19(2,16)17/h3-6H,1-2H3/b8-6-. The van der Waals surface area contributed by atoms with Crippen molar-refractivity contribution in [2.75, 3.05) is 13.4 Å². The Balaban J connectivity index is 3.46. The van der Waals surface area contributed by atoms with Gasteiger partial charge in [-0.2, -0.15) is 0 Å². The molecule has 0 fully saturated rings. The van der Waals surface area contributed by atoms with Crippen LogP contribution in [0.15, 0.2) is 34.2 Å². The van der Waals surface area contributed by atoms with Crippen LogP contribution < -0.4 is 0 Å². The van der Waals surface area contributed by atoms with Gasteiger partial charge in [0.25, 0.3) is 0 Å². The van der Waals surface area contributed by atoms with Crippen molar-refractivity contribution in [2.45, 2.75) is 5.03 Å². The first-order valence-corrected chi connectivity index (χ1v) is 6.79. The molecule has 0 aliphatic rings. The first kappa shape index (κ1) is 14.7. The van der Waals surface area contributed by atoms with E-state index in [1.54, 1.807) is 0 Å². The van der Waals surface area contributed by atoms with Crippen molar-refractivity contribution >= 4 is 21.9 Å². The first-order chi connectivity index (χ1) is 8.90. The Bertz CT molecular complexity index is 675. The molecule has 0 bridgehead atoms. The lowest BCUT2D eigenvalue weighted by Crippen LogP contribution is -2.05. The average molecular weight is 282 g/mol. The fraction of sp³-hybridized carbons (Fsp3) is 0.200. The summed E-state index contributed by atoms with van der Waals surface area (Å²) < 4.78 is 27.5. The van der Waals surface area contributed by atoms with Crippen LogP contribution in [0, 0.1) is 0 Å². The summed E-state index contributed by atoms with van der Waals surface area (Å²) in [5, 5.41) is 2.94. The van der Waals surface area contributed by atoms with Gasteiger partial charge in [0.2, 0.25) is 0 Å². The van der Waals surface area contributed by atoms with Crippen LogP contribution in [0.1, 0.15) is 5.56 Å². The van der Waals surface area contributed by atoms with Gasteiger partial charge in [-0.15, -0.1) is 0 Å². The Kier molecular flexibility index (Phi) is 4.62. The maximum absolute atomic E-state index is 11.5. The van der Waals surface area contributed by atoms with E-state index in [9.17, 15) is 13.2 Å². The third-order valence-electron chi connectivity index (χ3n) is 1.99. The number of nitrogens with zero attached hydrogens (tertiary/aromatic N) is 4. The van der Waals surface area contributed by atoms with Gasteiger partial charge in [0.05, 0.1) is 7.11 Å². The highest BCUT2D eigenvalue weighted by molar-refractivity contribution is 7.90. The van der Waals surface area contributed by atoms with Crippen LogP contribution in [0.5, 0.6) is 0 Å². The molecule has 0 spiro atoms. The van der Waals surface area contributed by atoms with Crippen LogP contribution in [0.2, 0.25) is 0 Å². The predicted octanol–water partition coefficient (Wildman–Crippen LogP) is 1.31. The molecule has 0 saturated carbocycles. The Morgan fingerprint density at radius 1 is 1.58 bits per heavy atom. The maximum atomic E-state index is 11.5. The molecule has 0 saturated heterocycles. The highest BCUT2D eigenvalue weighted by atomic mass is 32.2. The number of pyridine rings is 1. The number of azide groups is 1. The molecule has 0 N–H and O–H groups in total. The number of ether oxygens (including phenoxy) is 1. The van der Waals surface area contributed by atoms with Gasteiger partial charge in [-0.1, -0.05) is 11.2 Å². The molecule has 0 aromatic carbocycles. The smallest absolute Gasteiger partial charge is 0.340 e. The Morgan fingerprint density at radius 3 is 2.79 bits per heavy atom. The van der Waals surface area contributed by atoms with Gasteiger partial charge in [-0.25, -0.2) is 18.2 Å². The number of rotatable bonds is 4. The summed E-state index contributed by atoms with van der Waals surface area (Å²) in [5.41, 5.74) is 8.14. The fourth-order valence-corrected chi connectivity index (χ4v) is 2.06. The van der Waals surface area contributed by atoms with E-state index >= 15 is 0 Å². The van der Waals surface area contributed by atoms with E-state index in [0.29, 0.717) is 0 Å². The molecule has 9 heteroatoms. The molecule has 1 aromatic heterocycles.